The Bertz CT molecular complexity index is 1190. The van der Waals surface area contributed by atoms with Crippen molar-refractivity contribution in [1.29, 1.82) is 0 Å². The Morgan fingerprint density at radius 1 is 0.839 bits per heavy atom. The zero-order chi connectivity index (χ0) is 22.0. The van der Waals surface area contributed by atoms with Crippen molar-refractivity contribution >= 4 is 40.4 Å². The molecule has 0 saturated heterocycles. The van der Waals surface area contributed by atoms with E-state index in [1.54, 1.807) is 61.7 Å². The van der Waals surface area contributed by atoms with Gasteiger partial charge in [-0.3, -0.25) is 9.59 Å². The number of rotatable bonds is 6. The molecule has 0 bridgehead atoms. The predicted octanol–water partition coefficient (Wildman–Crippen LogP) is 4.75. The second kappa shape index (κ2) is 8.53. The molecule has 0 atom stereocenters. The highest BCUT2D eigenvalue weighted by molar-refractivity contribution is 6.46. The maximum atomic E-state index is 13.4. The third-order valence-electron chi connectivity index (χ3n) is 4.88. The molecule has 0 fully saturated rings. The molecule has 0 unspecified atom stereocenters. The van der Waals surface area contributed by atoms with E-state index in [1.807, 2.05) is 18.2 Å². The molecular formula is C24H19ClN2O4. The van der Waals surface area contributed by atoms with Crippen LogP contribution >= 0.6 is 11.6 Å². The number of hydrogen-bond acceptors (Lipinski definition) is 5. The van der Waals surface area contributed by atoms with Gasteiger partial charge in [-0.05, 0) is 35.9 Å². The quantitative estimate of drug-likeness (QED) is 0.567. The van der Waals surface area contributed by atoms with Gasteiger partial charge < -0.3 is 14.8 Å². The Hall–Kier alpha value is -3.77. The number of carbonyl (C=O) groups excluding carboxylic acids is 2. The summed E-state index contributed by atoms with van der Waals surface area (Å²) in [6, 6.07) is 20.8. The number of nitrogens with one attached hydrogen (secondary N) is 1. The molecule has 0 saturated carbocycles. The van der Waals surface area contributed by atoms with Crippen molar-refractivity contribution in [2.24, 2.45) is 0 Å². The number of nitrogens with zero attached hydrogens (tertiary/aromatic N) is 1. The van der Waals surface area contributed by atoms with Gasteiger partial charge in [-0.25, -0.2) is 4.90 Å². The first kappa shape index (κ1) is 20.5. The second-order valence-electron chi connectivity index (χ2n) is 6.73. The number of hydrogen-bond donors (Lipinski definition) is 1. The van der Waals surface area contributed by atoms with Crippen LogP contribution in [0.3, 0.4) is 0 Å². The van der Waals surface area contributed by atoms with Gasteiger partial charge in [0.1, 0.15) is 17.2 Å². The predicted molar refractivity (Wildman–Crippen MR) is 120 cm³/mol. The van der Waals surface area contributed by atoms with Gasteiger partial charge in [0.15, 0.2) is 0 Å². The van der Waals surface area contributed by atoms with Crippen LogP contribution in [0.4, 0.5) is 11.4 Å². The van der Waals surface area contributed by atoms with Gasteiger partial charge in [-0.2, -0.15) is 0 Å². The van der Waals surface area contributed by atoms with Crippen molar-refractivity contribution in [3.63, 3.8) is 0 Å². The topological polar surface area (TPSA) is 67.9 Å². The smallest absolute Gasteiger partial charge is 0.282 e. The second-order valence-corrected chi connectivity index (χ2v) is 7.17. The van der Waals surface area contributed by atoms with Gasteiger partial charge in [-0.1, -0.05) is 48.0 Å². The van der Waals surface area contributed by atoms with Gasteiger partial charge in [0.25, 0.3) is 11.8 Å². The monoisotopic (exact) mass is 434 g/mol. The molecule has 4 rings (SSSR count). The van der Waals surface area contributed by atoms with Crippen molar-refractivity contribution in [1.82, 2.24) is 0 Å². The molecule has 156 valence electrons. The van der Waals surface area contributed by atoms with Crippen molar-refractivity contribution in [2.45, 2.75) is 0 Å². The number of amides is 2. The van der Waals surface area contributed by atoms with E-state index in [0.29, 0.717) is 33.5 Å². The van der Waals surface area contributed by atoms with Crippen LogP contribution in [0.1, 0.15) is 5.56 Å². The van der Waals surface area contributed by atoms with Gasteiger partial charge >= 0.3 is 0 Å². The summed E-state index contributed by atoms with van der Waals surface area (Å²) < 4.78 is 10.7. The maximum absolute atomic E-state index is 13.4. The molecule has 1 aliphatic heterocycles. The summed E-state index contributed by atoms with van der Waals surface area (Å²) in [4.78, 5) is 27.9. The molecule has 0 aromatic heterocycles. The van der Waals surface area contributed by atoms with Crippen LogP contribution < -0.4 is 19.7 Å². The van der Waals surface area contributed by atoms with E-state index >= 15 is 0 Å². The normalized spacial score (nSPS) is 13.6. The number of halogens is 1. The molecule has 3 aromatic carbocycles. The third-order valence-corrected chi connectivity index (χ3v) is 5.12. The van der Waals surface area contributed by atoms with Crippen molar-refractivity contribution in [3.05, 3.63) is 89.1 Å². The average molecular weight is 435 g/mol. The molecule has 2 amide bonds. The first-order chi connectivity index (χ1) is 15.0. The lowest BCUT2D eigenvalue weighted by molar-refractivity contribution is -0.120. The van der Waals surface area contributed by atoms with Crippen LogP contribution in [0, 0.1) is 0 Å². The fourth-order valence-corrected chi connectivity index (χ4v) is 3.59. The lowest BCUT2D eigenvalue weighted by atomic mass is 10.0. The SMILES string of the molecule is COc1ccc(NC2=C(c3ccccc3)C(=O)N(c3cccc(Cl)c3)C2=O)c(OC)c1. The summed E-state index contributed by atoms with van der Waals surface area (Å²) in [5.41, 5.74) is 1.97. The van der Waals surface area contributed by atoms with Gasteiger partial charge in [0.05, 0.1) is 31.2 Å². The molecule has 0 radical (unpaired) electrons. The van der Waals surface area contributed by atoms with E-state index in [0.717, 1.165) is 4.90 Å². The number of ether oxygens (including phenoxy) is 2. The Morgan fingerprint density at radius 2 is 1.61 bits per heavy atom. The van der Waals surface area contributed by atoms with Gasteiger partial charge in [0, 0.05) is 11.1 Å². The van der Waals surface area contributed by atoms with Crippen LogP contribution in [-0.2, 0) is 9.59 Å². The fourth-order valence-electron chi connectivity index (χ4n) is 3.40. The van der Waals surface area contributed by atoms with Gasteiger partial charge in [-0.15, -0.1) is 0 Å². The molecule has 3 aromatic rings. The summed E-state index contributed by atoms with van der Waals surface area (Å²) in [6.45, 7) is 0. The summed E-state index contributed by atoms with van der Waals surface area (Å²) >= 11 is 6.10. The minimum atomic E-state index is -0.482. The molecule has 1 aliphatic rings. The number of anilines is 2. The van der Waals surface area contributed by atoms with Crippen LogP contribution in [-0.4, -0.2) is 26.0 Å². The molecule has 1 N–H and O–H groups in total. The minimum absolute atomic E-state index is 0.152. The number of carbonyl (C=O) groups is 2. The fraction of sp³-hybridized carbons (Fsp3) is 0.0833. The lowest BCUT2D eigenvalue weighted by Crippen LogP contribution is -2.32. The van der Waals surface area contributed by atoms with E-state index in [4.69, 9.17) is 21.1 Å². The Balaban J connectivity index is 1.83. The van der Waals surface area contributed by atoms with Crippen LogP contribution in [0.2, 0.25) is 5.02 Å². The lowest BCUT2D eigenvalue weighted by Gasteiger charge is -2.16. The number of methoxy groups -OCH3 is 2. The first-order valence-corrected chi connectivity index (χ1v) is 9.84. The summed E-state index contributed by atoms with van der Waals surface area (Å²) in [6.07, 6.45) is 0. The largest absolute Gasteiger partial charge is 0.497 e. The van der Waals surface area contributed by atoms with E-state index in [2.05, 4.69) is 5.32 Å². The van der Waals surface area contributed by atoms with E-state index in [1.165, 1.54) is 7.11 Å². The van der Waals surface area contributed by atoms with E-state index < -0.39 is 11.8 Å². The molecule has 0 spiro atoms. The molecule has 6 nitrogen and oxygen atoms in total. The average Bonchev–Trinajstić information content (AvgIpc) is 3.03. The molecule has 31 heavy (non-hydrogen) atoms. The van der Waals surface area contributed by atoms with Crippen LogP contribution in [0.25, 0.3) is 5.57 Å². The zero-order valence-electron chi connectivity index (χ0n) is 16.9. The molecule has 7 heteroatoms. The van der Waals surface area contributed by atoms with Crippen LogP contribution in [0.15, 0.2) is 78.5 Å². The Morgan fingerprint density at radius 3 is 2.29 bits per heavy atom. The van der Waals surface area contributed by atoms with E-state index in [-0.39, 0.29) is 11.3 Å². The maximum Gasteiger partial charge on any atom is 0.282 e. The van der Waals surface area contributed by atoms with Crippen molar-refractivity contribution in [2.75, 3.05) is 24.4 Å². The van der Waals surface area contributed by atoms with Crippen molar-refractivity contribution < 1.29 is 19.1 Å². The third kappa shape index (κ3) is 3.85. The standard InChI is InChI=1S/C24H19ClN2O4/c1-30-18-11-12-19(20(14-18)31-2)26-22-21(15-7-4-3-5-8-15)23(28)27(24(22)29)17-10-6-9-16(25)13-17/h3-14,26H,1-2H3. The zero-order valence-corrected chi connectivity index (χ0v) is 17.6. The summed E-state index contributed by atoms with van der Waals surface area (Å²) in [5.74, 6) is 0.159. The summed E-state index contributed by atoms with van der Waals surface area (Å²) in [7, 11) is 3.08. The first-order valence-electron chi connectivity index (χ1n) is 9.46. The molecular weight excluding hydrogens is 416 g/mol. The molecule has 1 heterocycles. The number of imide groups is 1. The van der Waals surface area contributed by atoms with Crippen LogP contribution in [0.5, 0.6) is 11.5 Å². The van der Waals surface area contributed by atoms with E-state index in [9.17, 15) is 9.59 Å². The Labute approximate surface area is 184 Å². The highest BCUT2D eigenvalue weighted by Gasteiger charge is 2.40. The highest BCUT2D eigenvalue weighted by atomic mass is 35.5. The highest BCUT2D eigenvalue weighted by Crippen LogP contribution is 2.37. The van der Waals surface area contributed by atoms with Gasteiger partial charge in [0.2, 0.25) is 0 Å². The summed E-state index contributed by atoms with van der Waals surface area (Å²) in [5, 5.41) is 3.54. The van der Waals surface area contributed by atoms with Crippen molar-refractivity contribution in [3.8, 4) is 11.5 Å². The molecule has 0 aliphatic carbocycles. The number of benzene rings is 3. The minimum Gasteiger partial charge on any atom is -0.497 e. The Kier molecular flexibility index (Phi) is 5.64.